The highest BCUT2D eigenvalue weighted by Gasteiger charge is 2.13. The molecule has 0 atom stereocenters. The molecule has 3 aromatic rings. The van der Waals surface area contributed by atoms with E-state index < -0.39 is 0 Å². The summed E-state index contributed by atoms with van der Waals surface area (Å²) in [5.41, 5.74) is 8.20. The fourth-order valence-electron chi connectivity index (χ4n) is 3.91. The van der Waals surface area contributed by atoms with Crippen LogP contribution in [0.15, 0.2) is 68.7 Å². The Morgan fingerprint density at radius 1 is 0.839 bits per heavy atom. The van der Waals surface area contributed by atoms with Gasteiger partial charge in [0.25, 0.3) is 0 Å². The third kappa shape index (κ3) is 3.79. The summed E-state index contributed by atoms with van der Waals surface area (Å²) in [7, 11) is 2.01. The number of rotatable bonds is 4. The van der Waals surface area contributed by atoms with Crippen LogP contribution in [0.25, 0.3) is 21.5 Å². The van der Waals surface area contributed by atoms with Crippen molar-refractivity contribution >= 4 is 45.9 Å². The summed E-state index contributed by atoms with van der Waals surface area (Å²) in [4.78, 5) is 10.8. The van der Waals surface area contributed by atoms with Crippen LogP contribution in [0.1, 0.15) is 11.1 Å². The van der Waals surface area contributed by atoms with E-state index in [-0.39, 0.29) is 0 Å². The number of fused-ring (bicyclic) bond motifs is 2. The molecule has 3 aromatic carbocycles. The number of guanidine groups is 2. The Kier molecular flexibility index (Phi) is 5.18. The topological polar surface area (TPSA) is 88.8 Å². The zero-order chi connectivity index (χ0) is 21.0. The Hall–Kier alpha value is -3.94. The van der Waals surface area contributed by atoms with Crippen LogP contribution in [0.3, 0.4) is 0 Å². The first-order valence-corrected chi connectivity index (χ1v) is 10.4. The zero-order valence-electron chi connectivity index (χ0n) is 17.3. The summed E-state index contributed by atoms with van der Waals surface area (Å²) in [5, 5.41) is 16.6. The Labute approximate surface area is 180 Å². The van der Waals surface area contributed by atoms with E-state index in [1.54, 1.807) is 0 Å². The second kappa shape index (κ2) is 8.43. The molecule has 5 rings (SSSR count). The van der Waals surface area contributed by atoms with Crippen molar-refractivity contribution < 1.29 is 0 Å². The molecule has 0 bridgehead atoms. The van der Waals surface area contributed by atoms with E-state index in [1.165, 1.54) is 0 Å². The number of benzene rings is 3. The van der Waals surface area contributed by atoms with Gasteiger partial charge < -0.3 is 10.2 Å². The van der Waals surface area contributed by atoms with Crippen molar-refractivity contribution in [3.63, 3.8) is 0 Å². The van der Waals surface area contributed by atoms with Crippen molar-refractivity contribution in [2.24, 2.45) is 20.2 Å². The minimum absolute atomic E-state index is 0.708. The fourth-order valence-corrected chi connectivity index (χ4v) is 3.91. The van der Waals surface area contributed by atoms with Gasteiger partial charge in [0.2, 0.25) is 11.9 Å². The first-order chi connectivity index (χ1) is 15.3. The van der Waals surface area contributed by atoms with Gasteiger partial charge in [0.15, 0.2) is 0 Å². The van der Waals surface area contributed by atoms with Gasteiger partial charge in [0.1, 0.15) is 0 Å². The lowest BCUT2D eigenvalue weighted by atomic mass is 9.92. The van der Waals surface area contributed by atoms with Crippen LogP contribution in [-0.2, 0) is 0 Å². The molecule has 3 N–H and O–H groups in total. The zero-order valence-corrected chi connectivity index (χ0v) is 17.3. The van der Waals surface area contributed by atoms with Crippen molar-refractivity contribution in [1.29, 1.82) is 0 Å². The minimum atomic E-state index is 0.708. The molecule has 0 aliphatic carbocycles. The van der Waals surface area contributed by atoms with Crippen LogP contribution in [0.2, 0.25) is 0 Å². The molecule has 8 heteroatoms. The third-order valence-corrected chi connectivity index (χ3v) is 5.47. The number of hydrazone groups is 2. The Morgan fingerprint density at radius 2 is 1.42 bits per heavy atom. The molecule has 2 heterocycles. The molecule has 0 aromatic heterocycles. The summed E-state index contributed by atoms with van der Waals surface area (Å²) in [6.45, 7) is 3.32. The predicted octanol–water partition coefficient (Wildman–Crippen LogP) is 2.10. The maximum atomic E-state index is 4.50. The van der Waals surface area contributed by atoms with Gasteiger partial charge in [-0.2, -0.15) is 10.2 Å². The molecule has 0 spiro atoms. The molecule has 31 heavy (non-hydrogen) atoms. The Morgan fingerprint density at radius 3 is 1.90 bits per heavy atom. The number of aliphatic imine (C=N–C) groups is 2. The van der Waals surface area contributed by atoms with E-state index in [9.17, 15) is 0 Å². The summed E-state index contributed by atoms with van der Waals surface area (Å²) in [6, 6.07) is 16.7. The van der Waals surface area contributed by atoms with Crippen molar-refractivity contribution in [3.05, 3.63) is 59.7 Å². The van der Waals surface area contributed by atoms with E-state index in [0.717, 1.165) is 64.8 Å². The maximum absolute atomic E-state index is 4.50. The van der Waals surface area contributed by atoms with Crippen LogP contribution in [0.4, 0.5) is 0 Å². The summed E-state index contributed by atoms with van der Waals surface area (Å²) in [6.07, 6.45) is 3.75. The molecule has 0 saturated heterocycles. The lowest BCUT2D eigenvalue weighted by molar-refractivity contribution is 0.537. The minimum Gasteiger partial charge on any atom is -0.353 e. The number of nitrogens with zero attached hydrogens (tertiary/aromatic N) is 5. The molecule has 0 amide bonds. The molecule has 0 saturated carbocycles. The van der Waals surface area contributed by atoms with Crippen molar-refractivity contribution in [2.45, 2.75) is 0 Å². The Balaban J connectivity index is 1.57. The lowest BCUT2D eigenvalue weighted by Gasteiger charge is -2.13. The van der Waals surface area contributed by atoms with E-state index in [0.29, 0.717) is 5.96 Å². The summed E-state index contributed by atoms with van der Waals surface area (Å²) >= 11 is 0. The van der Waals surface area contributed by atoms with Gasteiger partial charge in [-0.1, -0.05) is 48.5 Å². The van der Waals surface area contributed by atoms with Crippen LogP contribution in [0.5, 0.6) is 0 Å². The molecule has 2 aliphatic rings. The van der Waals surface area contributed by atoms with Gasteiger partial charge in [-0.05, 0) is 21.5 Å². The number of nitrogens with one attached hydrogen (secondary N) is 3. The number of hydrogen-bond donors (Lipinski definition) is 3. The van der Waals surface area contributed by atoms with Gasteiger partial charge in [0.05, 0.1) is 25.5 Å². The van der Waals surface area contributed by atoms with Crippen LogP contribution in [-0.4, -0.2) is 62.5 Å². The lowest BCUT2D eigenvalue weighted by Crippen LogP contribution is -2.32. The average Bonchev–Trinajstić information content (AvgIpc) is 3.47. The molecular weight excluding hydrogens is 388 g/mol. The third-order valence-electron chi connectivity index (χ3n) is 5.47. The molecule has 0 radical (unpaired) electrons. The highest BCUT2D eigenvalue weighted by molar-refractivity contribution is 6.21. The highest BCUT2D eigenvalue weighted by Crippen LogP contribution is 2.31. The maximum Gasteiger partial charge on any atom is 0.214 e. The molecule has 2 aliphatic heterocycles. The fraction of sp³-hybridized carbons (Fsp3) is 0.217. The molecule has 156 valence electrons. The average molecular weight is 413 g/mol. The molecule has 0 unspecified atom stereocenters. The molecule has 8 nitrogen and oxygen atoms in total. The van der Waals surface area contributed by atoms with E-state index in [4.69, 9.17) is 0 Å². The van der Waals surface area contributed by atoms with Gasteiger partial charge in [-0.3, -0.25) is 0 Å². The van der Waals surface area contributed by atoms with Crippen molar-refractivity contribution in [1.82, 2.24) is 21.1 Å². The van der Waals surface area contributed by atoms with Gasteiger partial charge in [-0.15, -0.1) is 0 Å². The van der Waals surface area contributed by atoms with E-state index in [1.807, 2.05) is 43.7 Å². The largest absolute Gasteiger partial charge is 0.353 e. The Bertz CT molecular complexity index is 1180. The number of likely N-dealkylation sites (N-methyl/N-ethyl adjacent to an activating group) is 1. The van der Waals surface area contributed by atoms with Crippen molar-refractivity contribution in [3.8, 4) is 0 Å². The second-order valence-electron chi connectivity index (χ2n) is 7.44. The van der Waals surface area contributed by atoms with Gasteiger partial charge >= 0.3 is 0 Å². The smallest absolute Gasteiger partial charge is 0.214 e. The predicted molar refractivity (Wildman–Crippen MR) is 128 cm³/mol. The van der Waals surface area contributed by atoms with Gasteiger partial charge in [-0.25, -0.2) is 20.8 Å². The first-order valence-electron chi connectivity index (χ1n) is 10.4. The van der Waals surface area contributed by atoms with Crippen LogP contribution >= 0.6 is 0 Å². The molecule has 0 fully saturated rings. The quantitative estimate of drug-likeness (QED) is 0.348. The normalized spacial score (nSPS) is 16.4. The SMILES string of the molecule is CN1CCN=C1N/N=C/c1c2ccccc2c(/C=N/NC2=NCCN2)c2ccccc12. The van der Waals surface area contributed by atoms with Gasteiger partial charge in [0, 0.05) is 31.3 Å². The van der Waals surface area contributed by atoms with Crippen LogP contribution in [0, 0.1) is 0 Å². The standard InChI is InChI=1S/C23H24N8/c1-31-13-12-26-23(31)30-28-15-21-18-8-4-2-6-16(18)20(17-7-3-5-9-19(17)21)14-27-29-22-24-10-11-25-22/h2-9,14-15H,10-13H2,1H3,(H,26,30)(H2,24,25,29)/b27-14+,28-15+. The first kappa shape index (κ1) is 19.0. The van der Waals surface area contributed by atoms with E-state index in [2.05, 4.69) is 65.5 Å². The number of hydrogen-bond acceptors (Lipinski definition) is 8. The monoisotopic (exact) mass is 412 g/mol. The van der Waals surface area contributed by atoms with E-state index >= 15 is 0 Å². The summed E-state index contributed by atoms with van der Waals surface area (Å²) < 4.78 is 0. The van der Waals surface area contributed by atoms with Crippen molar-refractivity contribution in [2.75, 3.05) is 33.2 Å². The van der Waals surface area contributed by atoms with Crippen LogP contribution < -0.4 is 16.2 Å². The highest BCUT2D eigenvalue weighted by atomic mass is 15.4. The summed E-state index contributed by atoms with van der Waals surface area (Å²) in [5.74, 6) is 1.50. The second-order valence-corrected chi connectivity index (χ2v) is 7.44. The molecular formula is C23H24N8.